The van der Waals surface area contributed by atoms with Crippen LogP contribution in [0.5, 0.6) is 0 Å². The van der Waals surface area contributed by atoms with E-state index in [1.165, 1.54) is 0 Å². The van der Waals surface area contributed by atoms with Crippen molar-refractivity contribution in [3.63, 3.8) is 0 Å². The van der Waals surface area contributed by atoms with Gasteiger partial charge in [0.1, 0.15) is 5.69 Å². The van der Waals surface area contributed by atoms with Gasteiger partial charge in [0.05, 0.1) is 0 Å². The molecule has 22 heavy (non-hydrogen) atoms. The number of hydrogen-bond acceptors (Lipinski definition) is 5. The first kappa shape index (κ1) is 16.4. The summed E-state index contributed by atoms with van der Waals surface area (Å²) >= 11 is 0. The second kappa shape index (κ2) is 7.33. The average Bonchev–Trinajstić information content (AvgIpc) is 2.97. The zero-order chi connectivity index (χ0) is 14.7. The standard InChI is InChI=1S/C14H18N6O.ClH/c1-9-8-10(5-7-15-9)13(21)18-14-17-12(19-20-14)11-4-2-3-6-16-11;/h2-4,6,9-10,15H,5,7-8H2,1H3,(H2,17,18,19,20,21);1H/t9-,10-;/m0./s1. The lowest BCUT2D eigenvalue weighted by atomic mass is 9.92. The molecule has 118 valence electrons. The maximum atomic E-state index is 12.2. The Morgan fingerprint density at radius 1 is 1.41 bits per heavy atom. The van der Waals surface area contributed by atoms with Crippen LogP contribution in [0, 0.1) is 5.92 Å². The van der Waals surface area contributed by atoms with Gasteiger partial charge in [0.15, 0.2) is 5.82 Å². The van der Waals surface area contributed by atoms with Gasteiger partial charge in [0.2, 0.25) is 11.9 Å². The highest BCUT2D eigenvalue weighted by Crippen LogP contribution is 2.18. The summed E-state index contributed by atoms with van der Waals surface area (Å²) in [4.78, 5) is 20.7. The largest absolute Gasteiger partial charge is 0.314 e. The van der Waals surface area contributed by atoms with Gasteiger partial charge in [-0.25, -0.2) is 0 Å². The molecule has 0 aromatic carbocycles. The van der Waals surface area contributed by atoms with Crippen molar-refractivity contribution in [2.45, 2.75) is 25.8 Å². The highest BCUT2D eigenvalue weighted by molar-refractivity contribution is 5.91. The average molecular weight is 323 g/mol. The fraction of sp³-hybridized carbons (Fsp3) is 0.429. The molecule has 7 nitrogen and oxygen atoms in total. The zero-order valence-electron chi connectivity index (χ0n) is 12.2. The minimum absolute atomic E-state index is 0. The number of hydrogen-bond donors (Lipinski definition) is 3. The summed E-state index contributed by atoms with van der Waals surface area (Å²) < 4.78 is 0. The van der Waals surface area contributed by atoms with Crippen molar-refractivity contribution in [1.82, 2.24) is 25.5 Å². The molecule has 1 amide bonds. The SMILES string of the molecule is C[C@H]1C[C@@H](C(=O)Nc2n[nH]c(-c3ccccn3)n2)CCN1.Cl. The molecule has 0 unspecified atom stereocenters. The van der Waals surface area contributed by atoms with Crippen LogP contribution in [-0.2, 0) is 4.79 Å². The van der Waals surface area contributed by atoms with E-state index in [1.807, 2.05) is 18.2 Å². The number of carbonyl (C=O) groups excluding carboxylic acids is 1. The van der Waals surface area contributed by atoms with Crippen molar-refractivity contribution in [2.24, 2.45) is 5.92 Å². The molecular formula is C14H19ClN6O. The molecule has 1 aliphatic rings. The number of rotatable bonds is 3. The number of aromatic amines is 1. The number of amides is 1. The van der Waals surface area contributed by atoms with Crippen LogP contribution < -0.4 is 10.6 Å². The molecule has 1 aliphatic heterocycles. The first-order chi connectivity index (χ1) is 10.2. The fourth-order valence-electron chi connectivity index (χ4n) is 2.52. The Kier molecular flexibility index (Phi) is 5.46. The van der Waals surface area contributed by atoms with E-state index in [-0.39, 0.29) is 24.2 Å². The first-order valence-corrected chi connectivity index (χ1v) is 7.10. The number of nitrogens with one attached hydrogen (secondary N) is 3. The van der Waals surface area contributed by atoms with Gasteiger partial charge in [0, 0.05) is 18.2 Å². The van der Waals surface area contributed by atoms with E-state index in [9.17, 15) is 4.79 Å². The second-order valence-electron chi connectivity index (χ2n) is 5.29. The summed E-state index contributed by atoms with van der Waals surface area (Å²) in [6.45, 7) is 2.96. The zero-order valence-corrected chi connectivity index (χ0v) is 13.1. The second-order valence-corrected chi connectivity index (χ2v) is 5.29. The molecule has 8 heteroatoms. The number of aromatic nitrogens is 4. The number of halogens is 1. The van der Waals surface area contributed by atoms with Crippen LogP contribution in [0.1, 0.15) is 19.8 Å². The molecule has 0 saturated carbocycles. The van der Waals surface area contributed by atoms with Crippen molar-refractivity contribution >= 4 is 24.3 Å². The molecular weight excluding hydrogens is 304 g/mol. The van der Waals surface area contributed by atoms with E-state index in [0.29, 0.717) is 23.5 Å². The van der Waals surface area contributed by atoms with E-state index >= 15 is 0 Å². The predicted molar refractivity (Wildman–Crippen MR) is 85.7 cm³/mol. The van der Waals surface area contributed by atoms with E-state index < -0.39 is 0 Å². The molecule has 2 aromatic heterocycles. The number of H-pyrrole nitrogens is 1. The molecule has 2 aromatic rings. The summed E-state index contributed by atoms with van der Waals surface area (Å²) in [5, 5.41) is 12.9. The maximum absolute atomic E-state index is 12.2. The Morgan fingerprint density at radius 2 is 2.27 bits per heavy atom. The molecule has 3 N–H and O–H groups in total. The van der Waals surface area contributed by atoms with Gasteiger partial charge in [0.25, 0.3) is 0 Å². The number of anilines is 1. The molecule has 2 atom stereocenters. The first-order valence-electron chi connectivity index (χ1n) is 7.10. The number of carbonyl (C=O) groups is 1. The minimum atomic E-state index is -0.0186. The molecule has 0 radical (unpaired) electrons. The van der Waals surface area contributed by atoms with Crippen LogP contribution >= 0.6 is 12.4 Å². The van der Waals surface area contributed by atoms with Gasteiger partial charge < -0.3 is 5.32 Å². The molecule has 0 aliphatic carbocycles. The summed E-state index contributed by atoms with van der Waals surface area (Å²) in [6, 6.07) is 5.91. The fourth-order valence-corrected chi connectivity index (χ4v) is 2.52. The molecule has 0 bridgehead atoms. The van der Waals surface area contributed by atoms with Crippen LogP contribution in [0.2, 0.25) is 0 Å². The van der Waals surface area contributed by atoms with E-state index in [2.05, 4.69) is 37.7 Å². The summed E-state index contributed by atoms with van der Waals surface area (Å²) in [7, 11) is 0. The Morgan fingerprint density at radius 3 is 3.00 bits per heavy atom. The van der Waals surface area contributed by atoms with Crippen molar-refractivity contribution < 1.29 is 4.79 Å². The van der Waals surface area contributed by atoms with Gasteiger partial charge in [-0.3, -0.25) is 20.2 Å². The van der Waals surface area contributed by atoms with Gasteiger partial charge in [-0.05, 0) is 38.4 Å². The Labute approximate surface area is 134 Å². The van der Waals surface area contributed by atoms with Crippen LogP contribution in [-0.4, -0.2) is 38.7 Å². The minimum Gasteiger partial charge on any atom is -0.314 e. The molecule has 3 heterocycles. The molecule has 0 spiro atoms. The summed E-state index contributed by atoms with van der Waals surface area (Å²) in [5.41, 5.74) is 0.695. The lowest BCUT2D eigenvalue weighted by molar-refractivity contribution is -0.120. The van der Waals surface area contributed by atoms with Crippen molar-refractivity contribution in [2.75, 3.05) is 11.9 Å². The lowest BCUT2D eigenvalue weighted by Crippen LogP contribution is -2.40. The topological polar surface area (TPSA) is 95.6 Å². The molecule has 1 saturated heterocycles. The summed E-state index contributed by atoms with van der Waals surface area (Å²) in [6.07, 6.45) is 3.36. The third kappa shape index (κ3) is 3.80. The maximum Gasteiger partial charge on any atom is 0.249 e. The van der Waals surface area contributed by atoms with Crippen LogP contribution in [0.25, 0.3) is 11.5 Å². The van der Waals surface area contributed by atoms with Gasteiger partial charge in [-0.15, -0.1) is 17.5 Å². The van der Waals surface area contributed by atoms with Crippen molar-refractivity contribution in [1.29, 1.82) is 0 Å². The molecule has 1 fully saturated rings. The number of nitrogens with zero attached hydrogens (tertiary/aromatic N) is 3. The molecule has 3 rings (SSSR count). The Bertz CT molecular complexity index is 617. The quantitative estimate of drug-likeness (QED) is 0.798. The number of pyridine rings is 1. The van der Waals surface area contributed by atoms with Gasteiger partial charge in [-0.1, -0.05) is 6.07 Å². The highest BCUT2D eigenvalue weighted by Gasteiger charge is 2.25. The lowest BCUT2D eigenvalue weighted by Gasteiger charge is -2.26. The van der Waals surface area contributed by atoms with E-state index in [4.69, 9.17) is 0 Å². The monoisotopic (exact) mass is 322 g/mol. The summed E-state index contributed by atoms with van der Waals surface area (Å²) in [5.74, 6) is 0.837. The van der Waals surface area contributed by atoms with Crippen LogP contribution in [0.4, 0.5) is 5.95 Å². The normalized spacial score (nSPS) is 21.0. The third-order valence-corrected chi connectivity index (χ3v) is 3.62. The van der Waals surface area contributed by atoms with Gasteiger partial charge in [-0.2, -0.15) is 4.98 Å². The Hall–Kier alpha value is -1.99. The van der Waals surface area contributed by atoms with Gasteiger partial charge >= 0.3 is 0 Å². The predicted octanol–water partition coefficient (Wildman–Crippen LogP) is 1.62. The highest BCUT2D eigenvalue weighted by atomic mass is 35.5. The van der Waals surface area contributed by atoms with Crippen molar-refractivity contribution in [3.05, 3.63) is 24.4 Å². The van der Waals surface area contributed by atoms with E-state index in [1.54, 1.807) is 6.20 Å². The van der Waals surface area contributed by atoms with Crippen molar-refractivity contribution in [3.8, 4) is 11.5 Å². The van der Waals surface area contributed by atoms with Crippen LogP contribution in [0.15, 0.2) is 24.4 Å². The Balaban J connectivity index is 0.00000176. The number of piperidine rings is 1. The van der Waals surface area contributed by atoms with Crippen LogP contribution in [0.3, 0.4) is 0 Å². The van der Waals surface area contributed by atoms with E-state index in [0.717, 1.165) is 19.4 Å². The smallest absolute Gasteiger partial charge is 0.249 e. The third-order valence-electron chi connectivity index (χ3n) is 3.62.